The highest BCUT2D eigenvalue weighted by Crippen LogP contribution is 2.28. The zero-order valence-corrected chi connectivity index (χ0v) is 14.2. The second-order valence-corrected chi connectivity index (χ2v) is 6.27. The van der Waals surface area contributed by atoms with Gasteiger partial charge in [0.05, 0.1) is 7.11 Å². The minimum absolute atomic E-state index is 0. The Labute approximate surface area is 142 Å². The van der Waals surface area contributed by atoms with Crippen LogP contribution < -0.4 is 10.1 Å². The molecule has 2 aliphatic rings. The molecule has 6 heteroatoms. The molecular formula is C17H24ClFN2O2. The van der Waals surface area contributed by atoms with Crippen molar-refractivity contribution in [3.8, 4) is 5.75 Å². The molecule has 1 amide bonds. The Balaban J connectivity index is 0.00000192. The lowest BCUT2D eigenvalue weighted by Gasteiger charge is -2.32. The molecule has 4 nitrogen and oxygen atoms in total. The second kappa shape index (κ2) is 7.97. The number of nitrogens with one attached hydrogen (secondary N) is 1. The Morgan fingerprint density at radius 1 is 1.30 bits per heavy atom. The molecule has 0 bridgehead atoms. The van der Waals surface area contributed by atoms with Crippen LogP contribution in [0.25, 0.3) is 0 Å². The fraction of sp³-hybridized carbons (Fsp3) is 0.588. The monoisotopic (exact) mass is 342 g/mol. The average molecular weight is 343 g/mol. The highest BCUT2D eigenvalue weighted by molar-refractivity contribution is 5.94. The van der Waals surface area contributed by atoms with Crippen LogP contribution >= 0.6 is 12.4 Å². The number of halogens is 2. The van der Waals surface area contributed by atoms with Crippen molar-refractivity contribution in [2.45, 2.75) is 31.7 Å². The summed E-state index contributed by atoms with van der Waals surface area (Å²) in [4.78, 5) is 14.3. The van der Waals surface area contributed by atoms with E-state index in [0.717, 1.165) is 38.4 Å². The number of hydrogen-bond acceptors (Lipinski definition) is 3. The van der Waals surface area contributed by atoms with Gasteiger partial charge < -0.3 is 15.0 Å². The Bertz CT molecular complexity index is 543. The number of carbonyl (C=O) groups excluding carboxylic acids is 1. The second-order valence-electron chi connectivity index (χ2n) is 6.27. The number of hydrogen-bond donors (Lipinski definition) is 1. The lowest BCUT2D eigenvalue weighted by molar-refractivity contribution is 0.0704. The van der Waals surface area contributed by atoms with E-state index in [-0.39, 0.29) is 24.1 Å². The molecule has 1 aromatic rings. The Morgan fingerprint density at radius 2 is 2.00 bits per heavy atom. The van der Waals surface area contributed by atoms with Crippen LogP contribution in [0.1, 0.15) is 36.0 Å². The van der Waals surface area contributed by atoms with Gasteiger partial charge in [-0.25, -0.2) is 4.39 Å². The lowest BCUT2D eigenvalue weighted by atomic mass is 10.0. The Hall–Kier alpha value is -1.33. The molecule has 0 aromatic heterocycles. The summed E-state index contributed by atoms with van der Waals surface area (Å²) < 4.78 is 18.4. The molecule has 128 valence electrons. The first-order valence-electron chi connectivity index (χ1n) is 8.03. The molecule has 0 atom stereocenters. The van der Waals surface area contributed by atoms with E-state index < -0.39 is 5.82 Å². The molecule has 23 heavy (non-hydrogen) atoms. The molecular weight excluding hydrogens is 319 g/mol. The van der Waals surface area contributed by atoms with Gasteiger partial charge in [0.2, 0.25) is 0 Å². The van der Waals surface area contributed by atoms with Gasteiger partial charge in [0.15, 0.2) is 11.6 Å². The highest BCUT2D eigenvalue weighted by Gasteiger charge is 2.26. The third kappa shape index (κ3) is 4.58. The molecule has 1 heterocycles. The summed E-state index contributed by atoms with van der Waals surface area (Å²) in [5, 5.41) is 3.60. The molecule has 2 fully saturated rings. The quantitative estimate of drug-likeness (QED) is 0.894. The zero-order chi connectivity index (χ0) is 15.5. The first-order chi connectivity index (χ1) is 10.7. The van der Waals surface area contributed by atoms with Crippen molar-refractivity contribution in [2.75, 3.05) is 26.7 Å². The van der Waals surface area contributed by atoms with E-state index in [1.54, 1.807) is 0 Å². The average Bonchev–Trinajstić information content (AvgIpc) is 3.37. The standard InChI is InChI=1S/C17H23FN2O2.ClH/c1-22-16-10-13(4-5-15(16)18)17(21)20-8-6-14(7-9-20)19-11-12-2-3-12;/h4-5,10,12,14,19H,2-3,6-9,11H2,1H3;1H. The van der Waals surface area contributed by atoms with Crippen LogP contribution in [0.4, 0.5) is 4.39 Å². The van der Waals surface area contributed by atoms with E-state index in [4.69, 9.17) is 4.74 Å². The van der Waals surface area contributed by atoms with Crippen LogP contribution in [0.2, 0.25) is 0 Å². The van der Waals surface area contributed by atoms with Gasteiger partial charge in [-0.1, -0.05) is 0 Å². The summed E-state index contributed by atoms with van der Waals surface area (Å²) >= 11 is 0. The summed E-state index contributed by atoms with van der Waals surface area (Å²) in [5.41, 5.74) is 0.489. The summed E-state index contributed by atoms with van der Waals surface area (Å²) in [6.45, 7) is 2.62. The van der Waals surface area contributed by atoms with Crippen LogP contribution in [0.3, 0.4) is 0 Å². The predicted octanol–water partition coefficient (Wildman–Crippen LogP) is 2.86. The smallest absolute Gasteiger partial charge is 0.253 e. The van der Waals surface area contributed by atoms with Crippen molar-refractivity contribution < 1.29 is 13.9 Å². The van der Waals surface area contributed by atoms with E-state index in [1.807, 2.05) is 4.90 Å². The number of nitrogens with zero attached hydrogens (tertiary/aromatic N) is 1. The van der Waals surface area contributed by atoms with Crippen LogP contribution in [0, 0.1) is 11.7 Å². The van der Waals surface area contributed by atoms with Crippen LogP contribution in [-0.2, 0) is 0 Å². The van der Waals surface area contributed by atoms with Gasteiger partial charge in [0.1, 0.15) is 0 Å². The van der Waals surface area contributed by atoms with Gasteiger partial charge in [-0.15, -0.1) is 12.4 Å². The molecule has 0 spiro atoms. The number of rotatable bonds is 5. The molecule has 1 aliphatic heterocycles. The molecule has 1 aromatic carbocycles. The van der Waals surface area contributed by atoms with E-state index in [1.165, 1.54) is 38.2 Å². The largest absolute Gasteiger partial charge is 0.494 e. The first kappa shape index (κ1) is 18.0. The number of benzene rings is 1. The number of ether oxygens (including phenoxy) is 1. The van der Waals surface area contributed by atoms with E-state index in [9.17, 15) is 9.18 Å². The lowest BCUT2D eigenvalue weighted by Crippen LogP contribution is -2.45. The normalized spacial score (nSPS) is 18.4. The number of carbonyl (C=O) groups is 1. The predicted molar refractivity (Wildman–Crippen MR) is 89.9 cm³/mol. The number of amides is 1. The summed E-state index contributed by atoms with van der Waals surface area (Å²) in [6.07, 6.45) is 4.68. The number of piperidine rings is 1. The zero-order valence-electron chi connectivity index (χ0n) is 13.4. The van der Waals surface area contributed by atoms with E-state index >= 15 is 0 Å². The Kier molecular flexibility index (Phi) is 6.25. The van der Waals surface area contributed by atoms with Gasteiger partial charge >= 0.3 is 0 Å². The topological polar surface area (TPSA) is 41.6 Å². The van der Waals surface area contributed by atoms with Crippen molar-refractivity contribution in [3.63, 3.8) is 0 Å². The van der Waals surface area contributed by atoms with Gasteiger partial charge in [-0.3, -0.25) is 4.79 Å². The van der Waals surface area contributed by atoms with E-state index in [0.29, 0.717) is 11.6 Å². The molecule has 3 rings (SSSR count). The number of methoxy groups -OCH3 is 1. The van der Waals surface area contributed by atoms with Crippen LogP contribution in [-0.4, -0.2) is 43.6 Å². The van der Waals surface area contributed by atoms with E-state index in [2.05, 4.69) is 5.32 Å². The molecule has 1 aliphatic carbocycles. The molecule has 0 unspecified atom stereocenters. The van der Waals surface area contributed by atoms with Gasteiger partial charge in [0.25, 0.3) is 5.91 Å². The van der Waals surface area contributed by atoms with Crippen molar-refractivity contribution >= 4 is 18.3 Å². The molecule has 1 saturated heterocycles. The van der Waals surface area contributed by atoms with Crippen LogP contribution in [0.5, 0.6) is 5.75 Å². The Morgan fingerprint density at radius 3 is 2.61 bits per heavy atom. The molecule has 1 saturated carbocycles. The molecule has 0 radical (unpaired) electrons. The fourth-order valence-electron chi connectivity index (χ4n) is 2.92. The maximum absolute atomic E-state index is 13.4. The van der Waals surface area contributed by atoms with Gasteiger partial charge in [-0.05, 0) is 56.3 Å². The third-order valence-corrected chi connectivity index (χ3v) is 4.57. The summed E-state index contributed by atoms with van der Waals surface area (Å²) in [6, 6.07) is 4.82. The van der Waals surface area contributed by atoms with Crippen molar-refractivity contribution in [1.29, 1.82) is 0 Å². The van der Waals surface area contributed by atoms with Crippen molar-refractivity contribution in [2.24, 2.45) is 5.92 Å². The van der Waals surface area contributed by atoms with Crippen LogP contribution in [0.15, 0.2) is 18.2 Å². The first-order valence-corrected chi connectivity index (χ1v) is 8.03. The fourth-order valence-corrected chi connectivity index (χ4v) is 2.92. The van der Waals surface area contributed by atoms with Gasteiger partial charge in [0, 0.05) is 24.7 Å². The third-order valence-electron chi connectivity index (χ3n) is 4.57. The van der Waals surface area contributed by atoms with Crippen molar-refractivity contribution in [1.82, 2.24) is 10.2 Å². The minimum Gasteiger partial charge on any atom is -0.494 e. The minimum atomic E-state index is -0.443. The van der Waals surface area contributed by atoms with Gasteiger partial charge in [-0.2, -0.15) is 0 Å². The maximum atomic E-state index is 13.4. The highest BCUT2D eigenvalue weighted by atomic mass is 35.5. The SMILES string of the molecule is COc1cc(C(=O)N2CCC(NCC3CC3)CC2)ccc1F.Cl. The number of likely N-dealkylation sites (tertiary alicyclic amines) is 1. The summed E-state index contributed by atoms with van der Waals surface area (Å²) in [5.74, 6) is 0.513. The maximum Gasteiger partial charge on any atom is 0.253 e. The molecule has 1 N–H and O–H groups in total. The van der Waals surface area contributed by atoms with Crippen molar-refractivity contribution in [3.05, 3.63) is 29.6 Å². The summed E-state index contributed by atoms with van der Waals surface area (Å²) in [7, 11) is 1.41.